The highest BCUT2D eigenvalue weighted by Gasteiger charge is 2.01. The average molecular weight is 158 g/mol. The molecule has 0 N–H and O–H groups in total. The van der Waals surface area contributed by atoms with Gasteiger partial charge in [-0.3, -0.25) is 4.21 Å². The van der Waals surface area contributed by atoms with Crippen molar-refractivity contribution in [2.24, 2.45) is 0 Å². The van der Waals surface area contributed by atoms with Crippen LogP contribution in [0.5, 0.6) is 0 Å². The minimum absolute atomic E-state index is 0.266. The lowest BCUT2D eigenvalue weighted by atomic mass is 10.4. The monoisotopic (exact) mass is 158 g/mol. The summed E-state index contributed by atoms with van der Waals surface area (Å²) in [6.07, 6.45) is 1.46. The van der Waals surface area contributed by atoms with Gasteiger partial charge in [-0.2, -0.15) is 0 Å². The molecule has 0 fully saturated rings. The molecule has 1 aromatic rings. The van der Waals surface area contributed by atoms with E-state index in [1.54, 1.807) is 12.1 Å². The molecule has 0 aliphatic rings. The zero-order valence-electron chi connectivity index (χ0n) is 5.50. The molecule has 3 heteroatoms. The van der Waals surface area contributed by atoms with E-state index in [2.05, 4.69) is 0 Å². The van der Waals surface area contributed by atoms with Crippen LogP contribution in [-0.4, -0.2) is 10.5 Å². The van der Waals surface area contributed by atoms with Crippen LogP contribution in [0.3, 0.4) is 0 Å². The van der Waals surface area contributed by atoms with Crippen LogP contribution < -0.4 is 0 Å². The van der Waals surface area contributed by atoms with Gasteiger partial charge in [0.15, 0.2) is 0 Å². The molecule has 1 rings (SSSR count). The van der Waals surface area contributed by atoms with E-state index >= 15 is 0 Å². The molecule has 0 heterocycles. The molecule has 54 valence electrons. The van der Waals surface area contributed by atoms with Crippen LogP contribution >= 0.6 is 0 Å². The van der Waals surface area contributed by atoms with Crippen molar-refractivity contribution in [3.05, 3.63) is 30.1 Å². The third-order valence-electron chi connectivity index (χ3n) is 1.15. The van der Waals surface area contributed by atoms with Gasteiger partial charge in [-0.1, -0.05) is 12.1 Å². The molecule has 1 nitrogen and oxygen atoms in total. The Balaban J connectivity index is 3.15. The number of hydrogen-bond donors (Lipinski definition) is 0. The molecule has 0 saturated heterocycles. The van der Waals surface area contributed by atoms with E-state index < -0.39 is 16.6 Å². The summed E-state index contributed by atoms with van der Waals surface area (Å²) in [5, 5.41) is 0. The lowest BCUT2D eigenvalue weighted by Gasteiger charge is -1.95. The molecule has 1 atom stereocenters. The number of rotatable bonds is 1. The minimum Gasteiger partial charge on any atom is -0.255 e. The maximum Gasteiger partial charge on any atom is 0.139 e. The SMILES string of the molecule is C[S@](=O)c1ccccc1F. The van der Waals surface area contributed by atoms with Crippen LogP contribution in [0.25, 0.3) is 0 Å². The smallest absolute Gasteiger partial charge is 0.139 e. The number of hydrogen-bond acceptors (Lipinski definition) is 1. The van der Waals surface area contributed by atoms with Gasteiger partial charge < -0.3 is 0 Å². The Hall–Kier alpha value is -0.700. The lowest BCUT2D eigenvalue weighted by molar-refractivity contribution is 0.596. The van der Waals surface area contributed by atoms with Crippen LogP contribution in [-0.2, 0) is 10.8 Å². The molecular formula is C7H7FOS. The van der Waals surface area contributed by atoms with Crippen molar-refractivity contribution >= 4 is 10.8 Å². The van der Waals surface area contributed by atoms with Gasteiger partial charge in [0.05, 0.1) is 15.7 Å². The molecular weight excluding hydrogens is 151 g/mol. The zero-order valence-corrected chi connectivity index (χ0v) is 6.32. The van der Waals surface area contributed by atoms with Crippen molar-refractivity contribution in [1.82, 2.24) is 0 Å². The molecule has 0 aliphatic heterocycles. The van der Waals surface area contributed by atoms with Gasteiger partial charge in [0.1, 0.15) is 5.82 Å². The van der Waals surface area contributed by atoms with Gasteiger partial charge in [-0.25, -0.2) is 4.39 Å². The first-order valence-electron chi connectivity index (χ1n) is 2.80. The predicted molar refractivity (Wildman–Crippen MR) is 38.7 cm³/mol. The maximum atomic E-state index is 12.6. The molecule has 0 bridgehead atoms. The highest BCUT2D eigenvalue weighted by Crippen LogP contribution is 2.08. The summed E-state index contributed by atoms with van der Waals surface area (Å²) in [5.41, 5.74) is 0. The van der Waals surface area contributed by atoms with Gasteiger partial charge in [0.2, 0.25) is 0 Å². The van der Waals surface area contributed by atoms with Crippen molar-refractivity contribution < 1.29 is 8.60 Å². The first kappa shape index (κ1) is 7.41. The molecule has 0 saturated carbocycles. The fourth-order valence-electron chi connectivity index (χ4n) is 0.678. The zero-order chi connectivity index (χ0) is 7.56. The van der Waals surface area contributed by atoms with Crippen molar-refractivity contribution in [3.8, 4) is 0 Å². The second-order valence-electron chi connectivity index (χ2n) is 1.88. The Labute approximate surface area is 61.3 Å². The normalized spacial score (nSPS) is 13.0. The summed E-state index contributed by atoms with van der Waals surface area (Å²) in [4.78, 5) is 0.266. The first-order valence-corrected chi connectivity index (χ1v) is 4.35. The molecule has 0 radical (unpaired) electrons. The third-order valence-corrected chi connectivity index (χ3v) is 2.10. The summed E-state index contributed by atoms with van der Waals surface area (Å²) in [5.74, 6) is -0.400. The van der Waals surface area contributed by atoms with Crippen molar-refractivity contribution in [2.45, 2.75) is 4.90 Å². The van der Waals surface area contributed by atoms with E-state index in [9.17, 15) is 8.60 Å². The molecule has 0 aliphatic carbocycles. The second-order valence-corrected chi connectivity index (χ2v) is 3.23. The quantitative estimate of drug-likeness (QED) is 0.606. The molecule has 0 unspecified atom stereocenters. The van der Waals surface area contributed by atoms with Crippen LogP contribution in [0.1, 0.15) is 0 Å². The Morgan fingerprint density at radius 2 is 2.00 bits per heavy atom. The largest absolute Gasteiger partial charge is 0.255 e. The van der Waals surface area contributed by atoms with Crippen molar-refractivity contribution in [2.75, 3.05) is 6.26 Å². The minimum atomic E-state index is -1.22. The third kappa shape index (κ3) is 1.42. The predicted octanol–water partition coefficient (Wildman–Crippen LogP) is 1.56. The van der Waals surface area contributed by atoms with Gasteiger partial charge in [0, 0.05) is 6.26 Å². The Morgan fingerprint density at radius 3 is 2.40 bits per heavy atom. The van der Waals surface area contributed by atoms with E-state index in [4.69, 9.17) is 0 Å². The molecule has 0 spiro atoms. The number of benzene rings is 1. The van der Waals surface area contributed by atoms with Crippen LogP contribution in [0.2, 0.25) is 0 Å². The Kier molecular flexibility index (Phi) is 2.17. The van der Waals surface area contributed by atoms with Crippen molar-refractivity contribution in [3.63, 3.8) is 0 Å². The van der Waals surface area contributed by atoms with E-state index in [1.807, 2.05) is 0 Å². The van der Waals surface area contributed by atoms with Gasteiger partial charge in [0.25, 0.3) is 0 Å². The average Bonchev–Trinajstić information content (AvgIpc) is 1.88. The fraction of sp³-hybridized carbons (Fsp3) is 0.143. The molecule has 10 heavy (non-hydrogen) atoms. The number of halogens is 1. The lowest BCUT2D eigenvalue weighted by Crippen LogP contribution is -1.90. The van der Waals surface area contributed by atoms with E-state index in [1.165, 1.54) is 18.4 Å². The summed E-state index contributed by atoms with van der Waals surface area (Å²) in [6, 6.07) is 6.06. The summed E-state index contributed by atoms with van der Waals surface area (Å²) in [7, 11) is -1.22. The Morgan fingerprint density at radius 1 is 1.40 bits per heavy atom. The van der Waals surface area contributed by atoms with E-state index in [-0.39, 0.29) is 4.90 Å². The van der Waals surface area contributed by atoms with Gasteiger partial charge in [-0.15, -0.1) is 0 Å². The second kappa shape index (κ2) is 2.92. The van der Waals surface area contributed by atoms with E-state index in [0.29, 0.717) is 0 Å². The van der Waals surface area contributed by atoms with Gasteiger partial charge in [-0.05, 0) is 12.1 Å². The standard InChI is InChI=1S/C7H7FOS/c1-10(9)7-5-3-2-4-6(7)8/h2-5H,1H3/t10-/m0/s1. The first-order chi connectivity index (χ1) is 4.72. The van der Waals surface area contributed by atoms with Crippen molar-refractivity contribution in [1.29, 1.82) is 0 Å². The van der Waals surface area contributed by atoms with Crippen LogP contribution in [0, 0.1) is 5.82 Å². The summed E-state index contributed by atoms with van der Waals surface area (Å²) >= 11 is 0. The molecule has 0 amide bonds. The van der Waals surface area contributed by atoms with Crippen LogP contribution in [0.15, 0.2) is 29.2 Å². The highest BCUT2D eigenvalue weighted by atomic mass is 32.2. The van der Waals surface area contributed by atoms with Crippen LogP contribution in [0.4, 0.5) is 4.39 Å². The van der Waals surface area contributed by atoms with Gasteiger partial charge >= 0.3 is 0 Å². The summed E-state index contributed by atoms with van der Waals surface area (Å²) in [6.45, 7) is 0. The Bertz CT molecular complexity index is 260. The fourth-order valence-corrected chi connectivity index (χ4v) is 1.29. The maximum absolute atomic E-state index is 12.6. The molecule has 1 aromatic carbocycles. The topological polar surface area (TPSA) is 17.1 Å². The molecule has 0 aromatic heterocycles. The highest BCUT2D eigenvalue weighted by molar-refractivity contribution is 7.84. The van der Waals surface area contributed by atoms with E-state index in [0.717, 1.165) is 0 Å². The summed E-state index contributed by atoms with van der Waals surface area (Å²) < 4.78 is 23.4.